The summed E-state index contributed by atoms with van der Waals surface area (Å²) in [6, 6.07) is 13.1. The Labute approximate surface area is 174 Å². The first kappa shape index (κ1) is 19.4. The molecule has 2 aliphatic rings. The first-order valence-electron chi connectivity index (χ1n) is 9.73. The summed E-state index contributed by atoms with van der Waals surface area (Å²) < 4.78 is 0. The van der Waals surface area contributed by atoms with E-state index in [0.717, 1.165) is 37.2 Å². The number of amidine groups is 1. The van der Waals surface area contributed by atoms with Crippen LogP contribution in [0.25, 0.3) is 6.08 Å². The van der Waals surface area contributed by atoms with E-state index in [1.54, 1.807) is 23.4 Å². The highest BCUT2D eigenvalue weighted by Crippen LogP contribution is 2.29. The first-order chi connectivity index (χ1) is 14.2. The molecule has 7 heteroatoms. The van der Waals surface area contributed by atoms with E-state index < -0.39 is 0 Å². The molecule has 2 aliphatic heterocycles. The van der Waals surface area contributed by atoms with Crippen molar-refractivity contribution in [1.82, 2.24) is 9.88 Å². The van der Waals surface area contributed by atoms with E-state index in [1.165, 1.54) is 18.2 Å². The van der Waals surface area contributed by atoms with Crippen molar-refractivity contribution >= 4 is 40.5 Å². The van der Waals surface area contributed by atoms with Crippen LogP contribution in [0.3, 0.4) is 0 Å². The van der Waals surface area contributed by atoms with Crippen molar-refractivity contribution in [2.45, 2.75) is 19.3 Å². The number of anilines is 1. The molecule has 1 fully saturated rings. The van der Waals surface area contributed by atoms with E-state index in [0.29, 0.717) is 10.9 Å². The van der Waals surface area contributed by atoms with Crippen LogP contribution in [-0.2, 0) is 9.59 Å². The molecule has 29 heavy (non-hydrogen) atoms. The number of carbonyl (C=O) groups is 2. The van der Waals surface area contributed by atoms with Crippen molar-refractivity contribution in [1.29, 1.82) is 0 Å². The van der Waals surface area contributed by atoms with Crippen LogP contribution >= 0.6 is 11.8 Å². The molecule has 1 saturated heterocycles. The van der Waals surface area contributed by atoms with Gasteiger partial charge >= 0.3 is 0 Å². The number of benzene rings is 1. The topological polar surface area (TPSA) is 65.9 Å². The second-order valence-electron chi connectivity index (χ2n) is 6.92. The minimum atomic E-state index is -0.201. The minimum Gasteiger partial charge on any atom is -0.342 e. The monoisotopic (exact) mass is 406 g/mol. The first-order valence-corrected chi connectivity index (χ1v) is 10.7. The third-order valence-electron chi connectivity index (χ3n) is 4.87. The van der Waals surface area contributed by atoms with Crippen molar-refractivity contribution in [2.75, 3.05) is 23.7 Å². The standard InChI is InChI=1S/C22H22N4O2S/c27-20(25-12-5-2-6-13-25)16-29-22-24-19(14-17-8-7-11-23-15-17)21(28)26(22)18-9-3-1-4-10-18/h1,3-4,7-11,14-15H,2,5-6,12-13,16H2/b19-14+. The van der Waals surface area contributed by atoms with Gasteiger partial charge in [-0.05, 0) is 49.1 Å². The molecule has 0 unspecified atom stereocenters. The Morgan fingerprint density at radius 3 is 2.59 bits per heavy atom. The zero-order valence-electron chi connectivity index (χ0n) is 16.0. The predicted molar refractivity (Wildman–Crippen MR) is 116 cm³/mol. The highest BCUT2D eigenvalue weighted by atomic mass is 32.2. The highest BCUT2D eigenvalue weighted by Gasteiger charge is 2.32. The van der Waals surface area contributed by atoms with E-state index in [1.807, 2.05) is 47.4 Å². The fourth-order valence-corrected chi connectivity index (χ4v) is 4.29. The molecule has 6 nitrogen and oxygen atoms in total. The van der Waals surface area contributed by atoms with Gasteiger partial charge in [-0.25, -0.2) is 4.99 Å². The van der Waals surface area contributed by atoms with Gasteiger partial charge in [-0.1, -0.05) is 36.0 Å². The van der Waals surface area contributed by atoms with E-state index in [2.05, 4.69) is 9.98 Å². The largest absolute Gasteiger partial charge is 0.342 e. The molecular weight excluding hydrogens is 384 g/mol. The smallest absolute Gasteiger partial charge is 0.283 e. The van der Waals surface area contributed by atoms with Gasteiger partial charge in [0.15, 0.2) is 5.17 Å². The Morgan fingerprint density at radius 2 is 1.86 bits per heavy atom. The lowest BCUT2D eigenvalue weighted by Gasteiger charge is -2.26. The Kier molecular flexibility index (Phi) is 6.05. The van der Waals surface area contributed by atoms with Crippen molar-refractivity contribution in [3.05, 3.63) is 66.1 Å². The van der Waals surface area contributed by atoms with Gasteiger partial charge < -0.3 is 4.90 Å². The van der Waals surface area contributed by atoms with Gasteiger partial charge in [0, 0.05) is 25.5 Å². The van der Waals surface area contributed by atoms with E-state index >= 15 is 0 Å². The maximum atomic E-state index is 13.1. The second-order valence-corrected chi connectivity index (χ2v) is 7.86. The van der Waals surface area contributed by atoms with Gasteiger partial charge in [0.05, 0.1) is 11.4 Å². The normalized spacial score (nSPS) is 18.3. The third kappa shape index (κ3) is 4.56. The summed E-state index contributed by atoms with van der Waals surface area (Å²) in [7, 11) is 0. The average Bonchev–Trinajstić information content (AvgIpc) is 3.09. The summed E-state index contributed by atoms with van der Waals surface area (Å²) in [6.07, 6.45) is 8.40. The molecule has 0 radical (unpaired) electrons. The molecule has 0 bridgehead atoms. The summed E-state index contributed by atoms with van der Waals surface area (Å²) in [5.41, 5.74) is 1.89. The number of rotatable bonds is 4. The zero-order valence-corrected chi connectivity index (χ0v) is 16.8. The van der Waals surface area contributed by atoms with Crippen LogP contribution in [0, 0.1) is 0 Å². The summed E-state index contributed by atoms with van der Waals surface area (Å²) in [5, 5.41) is 0.529. The number of aromatic nitrogens is 1. The van der Waals surface area contributed by atoms with Gasteiger partial charge in [0.2, 0.25) is 5.91 Å². The van der Waals surface area contributed by atoms with Crippen LogP contribution in [-0.4, -0.2) is 45.7 Å². The fraction of sp³-hybridized carbons (Fsp3) is 0.273. The number of piperidine rings is 1. The van der Waals surface area contributed by atoms with Crippen LogP contribution in [0.4, 0.5) is 5.69 Å². The zero-order chi connectivity index (χ0) is 20.1. The van der Waals surface area contributed by atoms with E-state index in [-0.39, 0.29) is 17.6 Å². The van der Waals surface area contributed by atoms with E-state index in [9.17, 15) is 9.59 Å². The minimum absolute atomic E-state index is 0.0996. The lowest BCUT2D eigenvalue weighted by molar-refractivity contribution is -0.129. The van der Waals surface area contributed by atoms with Crippen molar-refractivity contribution < 1.29 is 9.59 Å². The summed E-state index contributed by atoms with van der Waals surface area (Å²) in [6.45, 7) is 1.64. The molecule has 2 aromatic rings. The number of thioether (sulfide) groups is 1. The number of hydrogen-bond donors (Lipinski definition) is 0. The molecular formula is C22H22N4O2S. The van der Waals surface area contributed by atoms with Crippen LogP contribution in [0.5, 0.6) is 0 Å². The van der Waals surface area contributed by atoms with Gasteiger partial charge in [0.1, 0.15) is 5.70 Å². The number of para-hydroxylation sites is 1. The Balaban J connectivity index is 1.56. The van der Waals surface area contributed by atoms with E-state index in [4.69, 9.17) is 0 Å². The van der Waals surface area contributed by atoms with Crippen LogP contribution in [0.15, 0.2) is 65.5 Å². The van der Waals surface area contributed by atoms with Gasteiger partial charge in [0.25, 0.3) is 5.91 Å². The predicted octanol–water partition coefficient (Wildman–Crippen LogP) is 3.57. The molecule has 0 N–H and O–H groups in total. The molecule has 1 aromatic heterocycles. The average molecular weight is 407 g/mol. The Bertz CT molecular complexity index is 938. The molecule has 2 amide bonds. The Hall–Kier alpha value is -2.93. The number of likely N-dealkylation sites (tertiary alicyclic amines) is 1. The molecule has 148 valence electrons. The lowest BCUT2D eigenvalue weighted by Crippen LogP contribution is -2.38. The van der Waals surface area contributed by atoms with Gasteiger partial charge in [-0.15, -0.1) is 0 Å². The number of aliphatic imine (C=N–C) groups is 1. The van der Waals surface area contributed by atoms with Crippen LogP contribution < -0.4 is 4.90 Å². The van der Waals surface area contributed by atoms with Crippen LogP contribution in [0.2, 0.25) is 0 Å². The second kappa shape index (κ2) is 9.05. The SMILES string of the molecule is O=C(CSC1=N/C(=C/c2cccnc2)C(=O)N1c1ccccc1)N1CCCCC1. The summed E-state index contributed by atoms with van der Waals surface area (Å²) >= 11 is 1.31. The molecule has 3 heterocycles. The maximum absolute atomic E-state index is 13.1. The van der Waals surface area contributed by atoms with Gasteiger partial charge in [-0.2, -0.15) is 0 Å². The quantitative estimate of drug-likeness (QED) is 0.728. The Morgan fingerprint density at radius 1 is 1.07 bits per heavy atom. The summed E-state index contributed by atoms with van der Waals surface area (Å²) in [4.78, 5) is 37.8. The van der Waals surface area contributed by atoms with Crippen molar-refractivity contribution in [3.63, 3.8) is 0 Å². The molecule has 0 spiro atoms. The number of nitrogens with zero attached hydrogens (tertiary/aromatic N) is 4. The molecule has 0 aliphatic carbocycles. The van der Waals surface area contributed by atoms with Crippen molar-refractivity contribution in [3.8, 4) is 0 Å². The maximum Gasteiger partial charge on any atom is 0.283 e. The van der Waals surface area contributed by atoms with Gasteiger partial charge in [-0.3, -0.25) is 19.5 Å². The summed E-state index contributed by atoms with van der Waals surface area (Å²) in [5.74, 6) is 0.172. The molecule has 4 rings (SSSR count). The third-order valence-corrected chi connectivity index (χ3v) is 5.79. The van der Waals surface area contributed by atoms with Crippen molar-refractivity contribution in [2.24, 2.45) is 4.99 Å². The van der Waals surface area contributed by atoms with Crippen LogP contribution in [0.1, 0.15) is 24.8 Å². The number of amides is 2. The molecule has 1 aromatic carbocycles. The number of pyridine rings is 1. The number of carbonyl (C=O) groups excluding carboxylic acids is 2. The number of hydrogen-bond acceptors (Lipinski definition) is 5. The molecule has 0 saturated carbocycles. The molecule has 0 atom stereocenters. The fourth-order valence-electron chi connectivity index (χ4n) is 3.38. The lowest BCUT2D eigenvalue weighted by atomic mass is 10.1. The highest BCUT2D eigenvalue weighted by molar-refractivity contribution is 8.14.